The molecule has 2 aromatic rings. The van der Waals surface area contributed by atoms with Gasteiger partial charge in [-0.25, -0.2) is 14.6 Å². The van der Waals surface area contributed by atoms with Gasteiger partial charge in [0.05, 0.1) is 30.6 Å². The van der Waals surface area contributed by atoms with E-state index < -0.39 is 16.8 Å². The average Bonchev–Trinajstić information content (AvgIpc) is 3.29. The molecule has 2 amide bonds. The summed E-state index contributed by atoms with van der Waals surface area (Å²) in [5.74, 6) is -1.08. The second-order valence-corrected chi connectivity index (χ2v) is 9.81. The fourth-order valence-corrected chi connectivity index (χ4v) is 5.73. The summed E-state index contributed by atoms with van der Waals surface area (Å²) in [6, 6.07) is -0.0975. The molecule has 4 N–H and O–H groups in total. The maximum Gasteiger partial charge on any atom is 0.246 e. The molecule has 0 bridgehead atoms. The van der Waals surface area contributed by atoms with Crippen LogP contribution in [0.1, 0.15) is 24.6 Å². The first kappa shape index (κ1) is 24.4. The molecule has 0 radical (unpaired) electrons. The molecule has 0 saturated carbocycles. The van der Waals surface area contributed by atoms with Crippen molar-refractivity contribution in [2.24, 2.45) is 11.7 Å². The number of morpholine rings is 1. The monoisotopic (exact) mass is 512 g/mol. The Labute approximate surface area is 213 Å². The number of fused-ring (bicyclic) bond motifs is 1. The van der Waals surface area contributed by atoms with E-state index in [4.69, 9.17) is 32.9 Å². The minimum Gasteiger partial charge on any atom is -0.383 e. The molecule has 2 aromatic heterocycles. The topological polar surface area (TPSA) is 145 Å². The van der Waals surface area contributed by atoms with Gasteiger partial charge in [0.15, 0.2) is 5.65 Å². The van der Waals surface area contributed by atoms with Crippen LogP contribution < -0.4 is 11.5 Å². The number of hydrogen-bond donors (Lipinski definition) is 2. The standard InChI is InChI=1S/C24H29ClN8O3/c1-2-18(34)31-7-3-4-16(13-31)33-23-19(21(26)28-14-29-23)20(30-33)15-5-6-17(22(27)35)24(25,12-15)32-8-10-36-11-9-32/h2,5-6,12,14,16-17H,1,3-4,7-11,13H2,(H2,27,35)(H2,26,28,29)/t16?,17-,24?/m1/s1. The fourth-order valence-electron chi connectivity index (χ4n) is 5.26. The Balaban J connectivity index is 1.60. The van der Waals surface area contributed by atoms with Gasteiger partial charge in [-0.15, -0.1) is 0 Å². The molecule has 190 valence electrons. The third-order valence-electron chi connectivity index (χ3n) is 7.08. The van der Waals surface area contributed by atoms with E-state index in [2.05, 4.69) is 16.5 Å². The lowest BCUT2D eigenvalue weighted by Gasteiger charge is -2.43. The molecule has 11 nitrogen and oxygen atoms in total. The normalized spacial score (nSPS) is 27.1. The number of nitrogens with two attached hydrogens (primary N) is 2. The summed E-state index contributed by atoms with van der Waals surface area (Å²) in [7, 11) is 0. The number of amides is 2. The Hall–Kier alpha value is -3.28. The number of rotatable bonds is 5. The van der Waals surface area contributed by atoms with Crippen LogP contribution in [0.2, 0.25) is 0 Å². The molecule has 0 aromatic carbocycles. The number of aromatic nitrogens is 4. The molecular formula is C24H29ClN8O3. The van der Waals surface area contributed by atoms with E-state index in [1.807, 2.05) is 15.7 Å². The molecule has 36 heavy (non-hydrogen) atoms. The van der Waals surface area contributed by atoms with Crippen LogP contribution in [0, 0.1) is 5.92 Å². The van der Waals surface area contributed by atoms with Gasteiger partial charge in [-0.3, -0.25) is 14.5 Å². The minimum atomic E-state index is -1.18. The van der Waals surface area contributed by atoms with E-state index in [0.29, 0.717) is 61.7 Å². The Morgan fingerprint density at radius 2 is 2.03 bits per heavy atom. The summed E-state index contributed by atoms with van der Waals surface area (Å²) in [6.45, 7) is 6.88. The molecule has 2 unspecified atom stereocenters. The quantitative estimate of drug-likeness (QED) is 0.344. The summed E-state index contributed by atoms with van der Waals surface area (Å²) in [5, 5.41) is 5.53. The molecular weight excluding hydrogens is 484 g/mol. The number of hydrogen-bond acceptors (Lipinski definition) is 8. The van der Waals surface area contributed by atoms with Crippen molar-refractivity contribution in [1.82, 2.24) is 29.5 Å². The summed E-state index contributed by atoms with van der Waals surface area (Å²) < 4.78 is 7.31. The Morgan fingerprint density at radius 1 is 1.25 bits per heavy atom. The van der Waals surface area contributed by atoms with Crippen LogP contribution in [-0.2, 0) is 14.3 Å². The molecule has 1 aliphatic carbocycles. The minimum absolute atomic E-state index is 0.0975. The number of alkyl halides is 1. The molecule has 0 spiro atoms. The first-order valence-corrected chi connectivity index (χ1v) is 12.3. The van der Waals surface area contributed by atoms with E-state index in [1.165, 1.54) is 12.4 Å². The molecule has 5 rings (SSSR count). The predicted octanol–water partition coefficient (Wildman–Crippen LogP) is 1.08. The second-order valence-electron chi connectivity index (χ2n) is 9.20. The van der Waals surface area contributed by atoms with Gasteiger partial charge in [0.25, 0.3) is 0 Å². The van der Waals surface area contributed by atoms with Crippen LogP contribution in [-0.4, -0.2) is 85.8 Å². The number of anilines is 1. The Kier molecular flexibility index (Phi) is 6.54. The number of carbonyl (C=O) groups is 2. The first-order chi connectivity index (χ1) is 17.3. The number of nitrogen functional groups attached to an aromatic ring is 1. The van der Waals surface area contributed by atoms with E-state index in [-0.39, 0.29) is 17.8 Å². The number of ether oxygens (including phenoxy) is 1. The van der Waals surface area contributed by atoms with Crippen molar-refractivity contribution >= 4 is 45.8 Å². The Bertz CT molecular complexity index is 1270. The zero-order chi connectivity index (χ0) is 25.4. The second kappa shape index (κ2) is 9.64. The molecule has 2 aliphatic heterocycles. The van der Waals surface area contributed by atoms with Gasteiger partial charge >= 0.3 is 0 Å². The lowest BCUT2D eigenvalue weighted by Crippen LogP contribution is -2.56. The van der Waals surface area contributed by atoms with Gasteiger partial charge in [-0.1, -0.05) is 30.3 Å². The van der Waals surface area contributed by atoms with Gasteiger partial charge in [0.1, 0.15) is 22.8 Å². The first-order valence-electron chi connectivity index (χ1n) is 12.0. The summed E-state index contributed by atoms with van der Waals surface area (Å²) in [5.41, 5.74) is 13.9. The van der Waals surface area contributed by atoms with Crippen molar-refractivity contribution in [3.63, 3.8) is 0 Å². The van der Waals surface area contributed by atoms with E-state index in [1.54, 1.807) is 17.1 Å². The summed E-state index contributed by atoms with van der Waals surface area (Å²) in [4.78, 5) is 35.9. The molecule has 3 atom stereocenters. The van der Waals surface area contributed by atoms with Crippen LogP contribution in [0.15, 0.2) is 37.2 Å². The highest BCUT2D eigenvalue weighted by Crippen LogP contribution is 2.41. The van der Waals surface area contributed by atoms with E-state index in [9.17, 15) is 9.59 Å². The van der Waals surface area contributed by atoms with Crippen molar-refractivity contribution < 1.29 is 14.3 Å². The number of halogens is 1. The molecule has 3 aliphatic rings. The van der Waals surface area contributed by atoms with Crippen LogP contribution in [0.3, 0.4) is 0 Å². The zero-order valence-corrected chi connectivity index (χ0v) is 20.6. The highest BCUT2D eigenvalue weighted by atomic mass is 35.5. The van der Waals surface area contributed by atoms with Crippen molar-refractivity contribution in [2.75, 3.05) is 45.1 Å². The van der Waals surface area contributed by atoms with Crippen molar-refractivity contribution in [1.29, 1.82) is 0 Å². The van der Waals surface area contributed by atoms with E-state index >= 15 is 0 Å². The number of primary amides is 1. The summed E-state index contributed by atoms with van der Waals surface area (Å²) >= 11 is 7.17. The SMILES string of the molecule is C=CC(=O)N1CCCC(n2nc(C3=CC(Cl)(N4CCOCC4)[C@@H](C(N)=O)C=C3)c3c(N)ncnc32)C1. The number of likely N-dealkylation sites (tertiary alicyclic amines) is 1. The predicted molar refractivity (Wildman–Crippen MR) is 136 cm³/mol. The highest BCUT2D eigenvalue weighted by molar-refractivity contribution is 6.27. The largest absolute Gasteiger partial charge is 0.383 e. The molecule has 12 heteroatoms. The Morgan fingerprint density at radius 3 is 2.75 bits per heavy atom. The number of allylic oxidation sites excluding steroid dienone is 2. The van der Waals surface area contributed by atoms with Crippen molar-refractivity contribution in [2.45, 2.75) is 23.9 Å². The van der Waals surface area contributed by atoms with Gasteiger partial charge in [0.2, 0.25) is 11.8 Å². The van der Waals surface area contributed by atoms with Crippen LogP contribution in [0.25, 0.3) is 16.6 Å². The van der Waals surface area contributed by atoms with Crippen molar-refractivity contribution in [3.8, 4) is 0 Å². The lowest BCUT2D eigenvalue weighted by atomic mass is 9.87. The molecule has 2 fully saturated rings. The zero-order valence-electron chi connectivity index (χ0n) is 19.8. The third-order valence-corrected chi connectivity index (χ3v) is 7.67. The van der Waals surface area contributed by atoms with Crippen LogP contribution in [0.4, 0.5) is 5.82 Å². The number of carbonyl (C=O) groups excluding carboxylic acids is 2. The smallest absolute Gasteiger partial charge is 0.246 e. The molecule has 4 heterocycles. The number of piperidine rings is 1. The van der Waals surface area contributed by atoms with Crippen molar-refractivity contribution in [3.05, 3.63) is 42.9 Å². The molecule has 2 saturated heterocycles. The average molecular weight is 513 g/mol. The van der Waals surface area contributed by atoms with Crippen LogP contribution >= 0.6 is 11.6 Å². The van der Waals surface area contributed by atoms with Crippen LogP contribution in [0.5, 0.6) is 0 Å². The third kappa shape index (κ3) is 4.16. The van der Waals surface area contributed by atoms with E-state index in [0.717, 1.165) is 12.8 Å². The van der Waals surface area contributed by atoms with Gasteiger partial charge in [0, 0.05) is 31.8 Å². The fraction of sp³-hybridized carbons (Fsp3) is 0.458. The maximum absolute atomic E-state index is 12.3. The van der Waals surface area contributed by atoms with Gasteiger partial charge in [-0.05, 0) is 25.0 Å². The number of nitrogens with zero attached hydrogens (tertiary/aromatic N) is 6. The van der Waals surface area contributed by atoms with Gasteiger partial charge < -0.3 is 21.1 Å². The van der Waals surface area contributed by atoms with Gasteiger partial charge in [-0.2, -0.15) is 5.10 Å². The summed E-state index contributed by atoms with van der Waals surface area (Å²) in [6.07, 6.45) is 9.72. The lowest BCUT2D eigenvalue weighted by molar-refractivity contribution is -0.127. The highest BCUT2D eigenvalue weighted by Gasteiger charge is 2.45. The maximum atomic E-state index is 12.3.